The van der Waals surface area contributed by atoms with Crippen LogP contribution >= 0.6 is 11.6 Å². The molecule has 0 unspecified atom stereocenters. The molecule has 112 valence electrons. The molecule has 0 bridgehead atoms. The molecule has 0 atom stereocenters. The van der Waals surface area contributed by atoms with Crippen LogP contribution in [0.2, 0.25) is 5.02 Å². The van der Waals surface area contributed by atoms with E-state index in [2.05, 4.69) is 5.32 Å². The minimum Gasteiger partial charge on any atom is -0.356 e. The van der Waals surface area contributed by atoms with Crippen LogP contribution in [0.4, 0.5) is 4.39 Å². The third-order valence-electron chi connectivity index (χ3n) is 4.47. The van der Waals surface area contributed by atoms with Gasteiger partial charge in [0.05, 0.1) is 5.56 Å². The van der Waals surface area contributed by atoms with Crippen molar-refractivity contribution in [1.82, 2.24) is 10.2 Å². The van der Waals surface area contributed by atoms with E-state index in [0.717, 1.165) is 12.8 Å². The molecule has 2 saturated heterocycles. The number of carbonyl (C=O) groups is 2. The Hall–Kier alpha value is -1.62. The number of piperidine rings is 1. The minimum atomic E-state index is -0.553. The molecule has 2 aliphatic heterocycles. The zero-order valence-corrected chi connectivity index (χ0v) is 12.3. The van der Waals surface area contributed by atoms with Gasteiger partial charge in [-0.2, -0.15) is 0 Å². The Balaban J connectivity index is 1.70. The molecule has 2 heterocycles. The second-order valence-corrected chi connectivity index (χ2v) is 6.31. The normalized spacial score (nSPS) is 20.7. The molecular formula is C15H16ClFN2O2. The van der Waals surface area contributed by atoms with Crippen molar-refractivity contribution >= 4 is 23.4 Å². The summed E-state index contributed by atoms with van der Waals surface area (Å²) in [6.07, 6.45) is 2.06. The fourth-order valence-corrected chi connectivity index (χ4v) is 3.29. The maximum atomic E-state index is 13.8. The Morgan fingerprint density at radius 3 is 2.67 bits per heavy atom. The highest BCUT2D eigenvalue weighted by Gasteiger charge is 2.41. The number of carbonyl (C=O) groups excluding carboxylic acids is 2. The van der Waals surface area contributed by atoms with Crippen molar-refractivity contribution in [1.29, 1.82) is 0 Å². The largest absolute Gasteiger partial charge is 0.356 e. The van der Waals surface area contributed by atoms with Crippen LogP contribution in [-0.2, 0) is 4.79 Å². The van der Waals surface area contributed by atoms with Gasteiger partial charge in [-0.25, -0.2) is 4.39 Å². The average Bonchev–Trinajstić information content (AvgIpc) is 2.83. The predicted molar refractivity (Wildman–Crippen MR) is 76.6 cm³/mol. The van der Waals surface area contributed by atoms with Gasteiger partial charge in [-0.3, -0.25) is 9.59 Å². The van der Waals surface area contributed by atoms with Gasteiger partial charge in [-0.05, 0) is 36.5 Å². The molecule has 0 radical (unpaired) electrons. The zero-order chi connectivity index (χ0) is 15.0. The summed E-state index contributed by atoms with van der Waals surface area (Å²) < 4.78 is 13.8. The van der Waals surface area contributed by atoms with Crippen molar-refractivity contribution in [2.24, 2.45) is 5.41 Å². The monoisotopic (exact) mass is 310 g/mol. The lowest BCUT2D eigenvalue weighted by Crippen LogP contribution is -2.44. The van der Waals surface area contributed by atoms with Crippen molar-refractivity contribution in [3.05, 3.63) is 34.6 Å². The van der Waals surface area contributed by atoms with Gasteiger partial charge >= 0.3 is 0 Å². The molecule has 0 aliphatic carbocycles. The van der Waals surface area contributed by atoms with Crippen molar-refractivity contribution in [2.75, 3.05) is 19.6 Å². The molecule has 0 aromatic heterocycles. The van der Waals surface area contributed by atoms with E-state index >= 15 is 0 Å². The quantitative estimate of drug-likeness (QED) is 0.864. The van der Waals surface area contributed by atoms with E-state index in [4.69, 9.17) is 11.6 Å². The first-order valence-corrected chi connectivity index (χ1v) is 7.38. The average molecular weight is 311 g/mol. The molecule has 1 spiro atoms. The van der Waals surface area contributed by atoms with E-state index in [1.54, 1.807) is 4.90 Å². The molecule has 6 heteroatoms. The number of hydrogen-bond acceptors (Lipinski definition) is 2. The van der Waals surface area contributed by atoms with E-state index in [1.165, 1.54) is 18.2 Å². The molecule has 4 nitrogen and oxygen atoms in total. The first-order valence-electron chi connectivity index (χ1n) is 7.00. The smallest absolute Gasteiger partial charge is 0.256 e. The number of halogens is 2. The number of nitrogens with zero attached hydrogens (tertiary/aromatic N) is 1. The fourth-order valence-electron chi connectivity index (χ4n) is 3.12. The van der Waals surface area contributed by atoms with Crippen molar-refractivity contribution < 1.29 is 14.0 Å². The minimum absolute atomic E-state index is 0.0130. The zero-order valence-electron chi connectivity index (χ0n) is 11.5. The highest BCUT2D eigenvalue weighted by atomic mass is 35.5. The summed E-state index contributed by atoms with van der Waals surface area (Å²) in [5, 5.41) is 3.20. The van der Waals surface area contributed by atoms with Crippen LogP contribution in [0.3, 0.4) is 0 Å². The molecule has 21 heavy (non-hydrogen) atoms. The molecule has 2 fully saturated rings. The molecule has 3 rings (SSSR count). The van der Waals surface area contributed by atoms with E-state index < -0.39 is 5.82 Å². The second-order valence-electron chi connectivity index (χ2n) is 5.87. The summed E-state index contributed by atoms with van der Waals surface area (Å²) in [5.74, 6) is -0.805. The maximum absolute atomic E-state index is 13.8. The Morgan fingerprint density at radius 2 is 2.05 bits per heavy atom. The van der Waals surface area contributed by atoms with Gasteiger partial charge in [-0.15, -0.1) is 0 Å². The maximum Gasteiger partial charge on any atom is 0.256 e. The number of nitrogens with one attached hydrogen (secondary N) is 1. The number of likely N-dealkylation sites (tertiary alicyclic amines) is 1. The number of hydrogen-bond donors (Lipinski definition) is 1. The van der Waals surface area contributed by atoms with Gasteiger partial charge < -0.3 is 10.2 Å². The second kappa shape index (κ2) is 5.30. The van der Waals surface area contributed by atoms with Crippen molar-refractivity contribution in [3.63, 3.8) is 0 Å². The third kappa shape index (κ3) is 2.75. The number of rotatable bonds is 1. The van der Waals surface area contributed by atoms with Crippen molar-refractivity contribution in [2.45, 2.75) is 19.3 Å². The lowest BCUT2D eigenvalue weighted by molar-refractivity contribution is -0.119. The van der Waals surface area contributed by atoms with E-state index in [-0.39, 0.29) is 22.8 Å². The van der Waals surface area contributed by atoms with Gasteiger partial charge in [0.25, 0.3) is 5.91 Å². The first-order chi connectivity index (χ1) is 9.99. The summed E-state index contributed by atoms with van der Waals surface area (Å²) in [6.45, 7) is 1.76. The summed E-state index contributed by atoms with van der Waals surface area (Å²) >= 11 is 5.83. The van der Waals surface area contributed by atoms with Gasteiger partial charge in [-0.1, -0.05) is 11.6 Å². The van der Waals surface area contributed by atoms with Gasteiger partial charge in [0.1, 0.15) is 5.82 Å². The number of amides is 2. The topological polar surface area (TPSA) is 49.4 Å². The lowest BCUT2D eigenvalue weighted by atomic mass is 9.77. The van der Waals surface area contributed by atoms with Crippen LogP contribution in [-0.4, -0.2) is 36.3 Å². The highest BCUT2D eigenvalue weighted by molar-refractivity contribution is 6.31. The first kappa shape index (κ1) is 14.3. The van der Waals surface area contributed by atoms with E-state index in [1.807, 2.05) is 0 Å². The van der Waals surface area contributed by atoms with Crippen LogP contribution in [0, 0.1) is 11.2 Å². The van der Waals surface area contributed by atoms with E-state index in [9.17, 15) is 14.0 Å². The highest BCUT2D eigenvalue weighted by Crippen LogP contribution is 2.37. The van der Waals surface area contributed by atoms with Gasteiger partial charge in [0.2, 0.25) is 5.91 Å². The molecule has 0 saturated carbocycles. The summed E-state index contributed by atoms with van der Waals surface area (Å²) in [4.78, 5) is 25.4. The Kier molecular flexibility index (Phi) is 3.61. The lowest BCUT2D eigenvalue weighted by Gasteiger charge is -2.38. The summed E-state index contributed by atoms with van der Waals surface area (Å²) in [6, 6.07) is 4.00. The van der Waals surface area contributed by atoms with Crippen LogP contribution in [0.15, 0.2) is 18.2 Å². The molecule has 1 aromatic rings. The number of benzene rings is 1. The third-order valence-corrected chi connectivity index (χ3v) is 4.70. The molecule has 1 aromatic carbocycles. The van der Waals surface area contributed by atoms with Gasteiger partial charge in [0.15, 0.2) is 0 Å². The Morgan fingerprint density at radius 1 is 1.33 bits per heavy atom. The standard InChI is InChI=1S/C15H16ClFN2O2/c16-10-1-2-12(17)11(7-10)14(21)19-5-3-15(4-6-19)8-13(20)18-9-15/h1-2,7H,3-6,8-9H2,(H,18,20). The summed E-state index contributed by atoms with van der Waals surface area (Å²) in [7, 11) is 0. The Labute approximate surface area is 127 Å². The van der Waals surface area contributed by atoms with E-state index in [0.29, 0.717) is 31.1 Å². The fraction of sp³-hybridized carbons (Fsp3) is 0.467. The summed E-state index contributed by atoms with van der Waals surface area (Å²) in [5.41, 5.74) is -0.0140. The molecule has 1 N–H and O–H groups in total. The van der Waals surface area contributed by atoms with Gasteiger partial charge in [0, 0.05) is 31.1 Å². The Bertz CT molecular complexity index is 597. The van der Waals surface area contributed by atoms with Crippen LogP contribution in [0.25, 0.3) is 0 Å². The van der Waals surface area contributed by atoms with Crippen LogP contribution in [0.5, 0.6) is 0 Å². The molecular weight excluding hydrogens is 295 g/mol. The molecule has 2 aliphatic rings. The van der Waals surface area contributed by atoms with Crippen LogP contribution in [0.1, 0.15) is 29.6 Å². The van der Waals surface area contributed by atoms with Crippen molar-refractivity contribution in [3.8, 4) is 0 Å². The molecule has 2 amide bonds. The predicted octanol–water partition coefficient (Wildman–Crippen LogP) is 2.22. The van der Waals surface area contributed by atoms with Crippen LogP contribution < -0.4 is 5.32 Å². The SMILES string of the molecule is O=C1CC2(CCN(C(=O)c3cc(Cl)ccc3F)CC2)CN1.